The van der Waals surface area contributed by atoms with E-state index in [9.17, 15) is 13.6 Å². The molecule has 0 aromatic heterocycles. The van der Waals surface area contributed by atoms with Gasteiger partial charge >= 0.3 is 5.97 Å². The van der Waals surface area contributed by atoms with Gasteiger partial charge in [0.25, 0.3) is 0 Å². The van der Waals surface area contributed by atoms with Gasteiger partial charge in [-0.1, -0.05) is 30.3 Å². The minimum absolute atomic E-state index is 0.0427. The predicted octanol–water partition coefficient (Wildman–Crippen LogP) is 4.38. The lowest BCUT2D eigenvalue weighted by Gasteiger charge is -2.15. The van der Waals surface area contributed by atoms with Crippen LogP contribution in [0.25, 0.3) is 11.1 Å². The number of ether oxygens (including phenoxy) is 1. The highest BCUT2D eigenvalue weighted by molar-refractivity contribution is 5.81. The fourth-order valence-electron chi connectivity index (χ4n) is 2.87. The van der Waals surface area contributed by atoms with Crippen molar-refractivity contribution in [2.75, 3.05) is 6.61 Å². The molecule has 2 nitrogen and oxygen atoms in total. The molecule has 0 bridgehead atoms. The van der Waals surface area contributed by atoms with Gasteiger partial charge in [-0.25, -0.2) is 13.2 Å². The Labute approximate surface area is 131 Å². The molecular weight excluding hydrogens is 305 g/mol. The van der Waals surface area contributed by atoms with Crippen LogP contribution in [0.15, 0.2) is 42.5 Å². The van der Waals surface area contributed by atoms with Crippen LogP contribution in [0.4, 0.5) is 13.2 Å². The SMILES string of the molecule is CCOC(=O)[C@@H]1C[C@@]1(F)c1ccccc1-c1c(F)cccc1F. The van der Waals surface area contributed by atoms with Gasteiger partial charge in [-0.3, -0.25) is 4.79 Å². The molecule has 0 aliphatic heterocycles. The van der Waals surface area contributed by atoms with Crippen LogP contribution in [-0.2, 0) is 15.2 Å². The van der Waals surface area contributed by atoms with Crippen molar-refractivity contribution in [2.24, 2.45) is 5.92 Å². The van der Waals surface area contributed by atoms with E-state index < -0.39 is 29.2 Å². The van der Waals surface area contributed by atoms with Crippen molar-refractivity contribution < 1.29 is 22.7 Å². The van der Waals surface area contributed by atoms with E-state index in [1.54, 1.807) is 19.1 Å². The third-order valence-electron chi connectivity index (χ3n) is 4.07. The summed E-state index contributed by atoms with van der Waals surface area (Å²) in [5.41, 5.74) is -1.99. The van der Waals surface area contributed by atoms with Crippen molar-refractivity contribution in [3.05, 3.63) is 59.7 Å². The van der Waals surface area contributed by atoms with E-state index in [1.807, 2.05) is 0 Å². The minimum Gasteiger partial charge on any atom is -0.466 e. The molecule has 3 rings (SSSR count). The van der Waals surface area contributed by atoms with Crippen LogP contribution in [0.5, 0.6) is 0 Å². The summed E-state index contributed by atoms with van der Waals surface area (Å²) in [6.45, 7) is 1.80. The maximum absolute atomic E-state index is 15.1. The first-order valence-corrected chi connectivity index (χ1v) is 7.38. The van der Waals surface area contributed by atoms with Crippen LogP contribution in [0.3, 0.4) is 0 Å². The van der Waals surface area contributed by atoms with E-state index >= 15 is 4.39 Å². The number of alkyl halides is 1. The summed E-state index contributed by atoms with van der Waals surface area (Å²) in [4.78, 5) is 11.8. The van der Waals surface area contributed by atoms with E-state index in [0.717, 1.165) is 12.1 Å². The summed E-state index contributed by atoms with van der Waals surface area (Å²) in [7, 11) is 0. The van der Waals surface area contributed by atoms with Gasteiger partial charge < -0.3 is 4.74 Å². The number of carbonyl (C=O) groups is 1. The van der Waals surface area contributed by atoms with Gasteiger partial charge in [0.2, 0.25) is 0 Å². The molecule has 0 amide bonds. The summed E-state index contributed by atoms with van der Waals surface area (Å²) in [5, 5.41) is 0. The highest BCUT2D eigenvalue weighted by Crippen LogP contribution is 2.58. The number of halogens is 3. The second-order valence-electron chi connectivity index (χ2n) is 5.51. The molecule has 1 aliphatic rings. The predicted molar refractivity (Wildman–Crippen MR) is 79.3 cm³/mol. The standard InChI is InChI=1S/C18H15F3O2/c1-2-23-17(22)13-10-18(13,21)12-7-4-3-6-11(12)16-14(19)8-5-9-15(16)20/h3-9,13H,2,10H2,1H3/t13-,18+/m0/s1. The normalized spacial score (nSPS) is 22.7. The van der Waals surface area contributed by atoms with E-state index in [1.165, 1.54) is 18.2 Å². The molecule has 120 valence electrons. The van der Waals surface area contributed by atoms with Gasteiger partial charge in [0, 0.05) is 6.42 Å². The molecule has 5 heteroatoms. The van der Waals surface area contributed by atoms with Crippen LogP contribution in [0.1, 0.15) is 18.9 Å². The molecule has 0 radical (unpaired) electrons. The second-order valence-corrected chi connectivity index (χ2v) is 5.51. The Balaban J connectivity index is 2.05. The molecular formula is C18H15F3O2. The Bertz CT molecular complexity index is 739. The molecule has 1 saturated carbocycles. The number of hydrogen-bond donors (Lipinski definition) is 0. The molecule has 2 atom stereocenters. The molecule has 23 heavy (non-hydrogen) atoms. The summed E-state index contributed by atoms with van der Waals surface area (Å²) >= 11 is 0. The van der Waals surface area contributed by atoms with Crippen molar-refractivity contribution in [1.29, 1.82) is 0 Å². The number of hydrogen-bond acceptors (Lipinski definition) is 2. The molecule has 0 saturated heterocycles. The fraction of sp³-hybridized carbons (Fsp3) is 0.278. The molecule has 0 unspecified atom stereocenters. The van der Waals surface area contributed by atoms with Crippen molar-refractivity contribution in [2.45, 2.75) is 19.0 Å². The zero-order valence-electron chi connectivity index (χ0n) is 12.5. The highest BCUT2D eigenvalue weighted by Gasteiger charge is 2.62. The van der Waals surface area contributed by atoms with Crippen molar-refractivity contribution in [3.63, 3.8) is 0 Å². The third kappa shape index (κ3) is 2.60. The monoisotopic (exact) mass is 320 g/mol. The van der Waals surface area contributed by atoms with Crippen LogP contribution < -0.4 is 0 Å². The van der Waals surface area contributed by atoms with Gasteiger partial charge in [0.1, 0.15) is 11.6 Å². The second kappa shape index (κ2) is 5.72. The molecule has 0 heterocycles. The zero-order chi connectivity index (χ0) is 16.6. The minimum atomic E-state index is -1.95. The van der Waals surface area contributed by atoms with Gasteiger partial charge in [-0.15, -0.1) is 0 Å². The van der Waals surface area contributed by atoms with Gasteiger partial charge in [-0.2, -0.15) is 0 Å². The topological polar surface area (TPSA) is 26.3 Å². The average Bonchev–Trinajstić information content (AvgIpc) is 3.21. The van der Waals surface area contributed by atoms with Crippen molar-refractivity contribution >= 4 is 5.97 Å². The lowest BCUT2D eigenvalue weighted by Crippen LogP contribution is -2.14. The quantitative estimate of drug-likeness (QED) is 0.782. The summed E-state index contributed by atoms with van der Waals surface area (Å²) in [6, 6.07) is 9.57. The largest absolute Gasteiger partial charge is 0.466 e. The van der Waals surface area contributed by atoms with E-state index in [0.29, 0.717) is 0 Å². The van der Waals surface area contributed by atoms with E-state index in [4.69, 9.17) is 4.74 Å². The Kier molecular flexibility index (Phi) is 3.88. The smallest absolute Gasteiger partial charge is 0.312 e. The van der Waals surface area contributed by atoms with Crippen LogP contribution in [-0.4, -0.2) is 12.6 Å². The fourth-order valence-corrected chi connectivity index (χ4v) is 2.87. The Morgan fingerprint density at radius 2 is 1.83 bits per heavy atom. The number of rotatable bonds is 4. The lowest BCUT2D eigenvalue weighted by atomic mass is 9.94. The van der Waals surface area contributed by atoms with Crippen molar-refractivity contribution in [1.82, 2.24) is 0 Å². The van der Waals surface area contributed by atoms with Gasteiger partial charge in [0.05, 0.1) is 18.1 Å². The molecule has 0 N–H and O–H groups in total. The molecule has 1 aliphatic carbocycles. The van der Waals surface area contributed by atoms with Crippen molar-refractivity contribution in [3.8, 4) is 11.1 Å². The molecule has 2 aromatic carbocycles. The Hall–Kier alpha value is -2.30. The first-order chi connectivity index (χ1) is 11.0. The Morgan fingerprint density at radius 1 is 1.17 bits per heavy atom. The number of carbonyl (C=O) groups excluding carboxylic acids is 1. The molecule has 1 fully saturated rings. The number of benzene rings is 2. The maximum atomic E-state index is 15.1. The first kappa shape index (κ1) is 15.6. The summed E-state index contributed by atoms with van der Waals surface area (Å²) in [5.74, 6) is -3.10. The zero-order valence-corrected chi connectivity index (χ0v) is 12.5. The summed E-state index contributed by atoms with van der Waals surface area (Å²) < 4.78 is 48.1. The third-order valence-corrected chi connectivity index (χ3v) is 4.07. The van der Waals surface area contributed by atoms with E-state index in [-0.39, 0.29) is 29.7 Å². The Morgan fingerprint density at radius 3 is 2.48 bits per heavy atom. The number of esters is 1. The first-order valence-electron chi connectivity index (χ1n) is 7.38. The van der Waals surface area contributed by atoms with E-state index in [2.05, 4.69) is 0 Å². The van der Waals surface area contributed by atoms with Crippen LogP contribution in [0.2, 0.25) is 0 Å². The summed E-state index contributed by atoms with van der Waals surface area (Å²) in [6.07, 6.45) is -0.0427. The maximum Gasteiger partial charge on any atom is 0.312 e. The average molecular weight is 320 g/mol. The lowest BCUT2D eigenvalue weighted by molar-refractivity contribution is -0.145. The van der Waals surface area contributed by atoms with Gasteiger partial charge in [0.15, 0.2) is 5.67 Å². The molecule has 0 spiro atoms. The molecule has 2 aromatic rings. The van der Waals surface area contributed by atoms with Crippen LogP contribution >= 0.6 is 0 Å². The van der Waals surface area contributed by atoms with Crippen LogP contribution in [0, 0.1) is 17.6 Å². The highest BCUT2D eigenvalue weighted by atomic mass is 19.1. The van der Waals surface area contributed by atoms with Gasteiger partial charge in [-0.05, 0) is 30.2 Å².